The van der Waals surface area contributed by atoms with Gasteiger partial charge in [-0.2, -0.15) is 0 Å². The molecule has 0 amide bonds. The number of halogens is 2. The van der Waals surface area contributed by atoms with Crippen LogP contribution in [-0.4, -0.2) is 10.3 Å². The van der Waals surface area contributed by atoms with Gasteiger partial charge in [-0.1, -0.05) is 39.7 Å². The Morgan fingerprint density at radius 1 is 1.32 bits per heavy atom. The molecule has 1 aromatic carbocycles. The van der Waals surface area contributed by atoms with Crippen molar-refractivity contribution in [2.45, 2.75) is 26.2 Å². The summed E-state index contributed by atoms with van der Waals surface area (Å²) in [4.78, 5) is 5.72. The first kappa shape index (κ1) is 15.0. The predicted molar refractivity (Wildman–Crippen MR) is 87.6 cm³/mol. The van der Waals surface area contributed by atoms with Gasteiger partial charge in [0.1, 0.15) is 0 Å². The summed E-state index contributed by atoms with van der Waals surface area (Å²) in [5.74, 6) is 0.655. The van der Waals surface area contributed by atoms with Crippen LogP contribution in [0.4, 0.5) is 0 Å². The number of rotatable bonds is 6. The van der Waals surface area contributed by atoms with Gasteiger partial charge in [0.05, 0.1) is 11.2 Å². The molecule has 0 radical (unpaired) electrons. The number of aromatic nitrogens is 1. The zero-order valence-electron chi connectivity index (χ0n) is 10.9. The molecule has 2 aromatic rings. The topological polar surface area (TPSA) is 12.9 Å². The van der Waals surface area contributed by atoms with Crippen LogP contribution in [-0.2, 0) is 12.8 Å². The zero-order valence-corrected chi connectivity index (χ0v) is 14.1. The highest BCUT2D eigenvalue weighted by Gasteiger charge is 2.10. The molecule has 0 aliphatic rings. The number of hydrogen-bond acceptors (Lipinski definition) is 2. The first-order chi connectivity index (χ1) is 9.19. The van der Waals surface area contributed by atoms with Crippen molar-refractivity contribution in [3.8, 4) is 0 Å². The molecule has 2 rings (SSSR count). The van der Waals surface area contributed by atoms with E-state index in [0.29, 0.717) is 5.92 Å². The maximum Gasteiger partial charge on any atom is 0.0797 e. The Morgan fingerprint density at radius 2 is 2.05 bits per heavy atom. The van der Waals surface area contributed by atoms with Gasteiger partial charge in [0, 0.05) is 15.2 Å². The number of benzene rings is 1. The summed E-state index contributed by atoms with van der Waals surface area (Å²) in [6.07, 6.45) is 3.41. The first-order valence-electron chi connectivity index (χ1n) is 6.38. The van der Waals surface area contributed by atoms with Gasteiger partial charge in [0.15, 0.2) is 0 Å². The van der Waals surface area contributed by atoms with Crippen LogP contribution >= 0.6 is 38.9 Å². The van der Waals surface area contributed by atoms with Crippen molar-refractivity contribution in [2.24, 2.45) is 5.92 Å². The van der Waals surface area contributed by atoms with Crippen molar-refractivity contribution >= 4 is 38.9 Å². The molecule has 0 spiro atoms. The van der Waals surface area contributed by atoms with Crippen molar-refractivity contribution < 1.29 is 0 Å². The Kier molecular flexibility index (Phi) is 5.86. The molecule has 1 unspecified atom stereocenters. The SMILES string of the molecule is Cc1ncsc1CCC(CBr)Cc1ccc(Cl)cc1. The standard InChI is InChI=1S/C15H17BrClNS/c1-11-15(19-10-18-11)7-4-13(9-16)8-12-2-5-14(17)6-3-12/h2-3,5-6,10,13H,4,7-9H2,1H3. The fraction of sp³-hybridized carbons (Fsp3) is 0.400. The summed E-state index contributed by atoms with van der Waals surface area (Å²) in [7, 11) is 0. The lowest BCUT2D eigenvalue weighted by Crippen LogP contribution is -2.07. The van der Waals surface area contributed by atoms with E-state index in [1.54, 1.807) is 11.3 Å². The molecule has 1 heterocycles. The van der Waals surface area contributed by atoms with E-state index in [2.05, 4.69) is 40.0 Å². The summed E-state index contributed by atoms with van der Waals surface area (Å²) in [6.45, 7) is 2.09. The number of thiazole rings is 1. The van der Waals surface area contributed by atoms with E-state index in [1.807, 2.05) is 17.6 Å². The molecule has 19 heavy (non-hydrogen) atoms. The lowest BCUT2D eigenvalue weighted by Gasteiger charge is -2.13. The Balaban J connectivity index is 1.90. The largest absolute Gasteiger partial charge is 0.250 e. The zero-order chi connectivity index (χ0) is 13.7. The average molecular weight is 359 g/mol. The van der Waals surface area contributed by atoms with Crippen molar-refractivity contribution in [3.05, 3.63) is 50.9 Å². The molecule has 0 fully saturated rings. The molecule has 1 aromatic heterocycles. The monoisotopic (exact) mass is 357 g/mol. The van der Waals surface area contributed by atoms with E-state index in [0.717, 1.165) is 23.2 Å². The number of aryl methyl sites for hydroxylation is 2. The highest BCUT2D eigenvalue weighted by molar-refractivity contribution is 9.09. The normalized spacial score (nSPS) is 12.6. The number of nitrogens with zero attached hydrogens (tertiary/aromatic N) is 1. The minimum absolute atomic E-state index is 0.655. The molecule has 0 N–H and O–H groups in total. The first-order valence-corrected chi connectivity index (χ1v) is 8.76. The molecular formula is C15H17BrClNS. The molecule has 0 saturated heterocycles. The van der Waals surface area contributed by atoms with Gasteiger partial charge in [0.25, 0.3) is 0 Å². The Morgan fingerprint density at radius 3 is 2.63 bits per heavy atom. The third kappa shape index (κ3) is 4.59. The summed E-state index contributed by atoms with van der Waals surface area (Å²) >= 11 is 11.3. The lowest BCUT2D eigenvalue weighted by atomic mass is 9.96. The second-order valence-corrected chi connectivity index (χ2v) is 6.77. The highest BCUT2D eigenvalue weighted by atomic mass is 79.9. The van der Waals surface area contributed by atoms with Gasteiger partial charge >= 0.3 is 0 Å². The van der Waals surface area contributed by atoms with E-state index in [-0.39, 0.29) is 0 Å². The van der Waals surface area contributed by atoms with E-state index >= 15 is 0 Å². The quantitative estimate of drug-likeness (QED) is 0.639. The molecule has 102 valence electrons. The smallest absolute Gasteiger partial charge is 0.0797 e. The minimum Gasteiger partial charge on any atom is -0.250 e. The maximum atomic E-state index is 5.91. The fourth-order valence-corrected chi connectivity index (χ4v) is 3.56. The summed E-state index contributed by atoms with van der Waals surface area (Å²) in [6, 6.07) is 8.18. The van der Waals surface area contributed by atoms with Gasteiger partial charge in [-0.25, -0.2) is 4.98 Å². The fourth-order valence-electron chi connectivity index (χ4n) is 2.09. The minimum atomic E-state index is 0.655. The molecule has 0 saturated carbocycles. The van der Waals surface area contributed by atoms with Crippen molar-refractivity contribution in [3.63, 3.8) is 0 Å². The predicted octanol–water partition coefficient (Wildman–Crippen LogP) is 5.29. The highest BCUT2D eigenvalue weighted by Crippen LogP contribution is 2.21. The van der Waals surface area contributed by atoms with E-state index in [9.17, 15) is 0 Å². The summed E-state index contributed by atoms with van der Waals surface area (Å²) < 4.78 is 0. The second kappa shape index (κ2) is 7.41. The Labute approximate surface area is 132 Å². The number of hydrogen-bond donors (Lipinski definition) is 0. The van der Waals surface area contributed by atoms with Crippen LogP contribution in [0.5, 0.6) is 0 Å². The van der Waals surface area contributed by atoms with Crippen LogP contribution in [0, 0.1) is 12.8 Å². The van der Waals surface area contributed by atoms with Gasteiger partial charge in [-0.05, 0) is 49.8 Å². The van der Waals surface area contributed by atoms with Gasteiger partial charge in [-0.15, -0.1) is 11.3 Å². The lowest BCUT2D eigenvalue weighted by molar-refractivity contribution is 0.544. The maximum absolute atomic E-state index is 5.91. The van der Waals surface area contributed by atoms with Crippen LogP contribution < -0.4 is 0 Å². The molecule has 1 atom stereocenters. The summed E-state index contributed by atoms with van der Waals surface area (Å²) in [5, 5.41) is 1.84. The third-order valence-electron chi connectivity index (χ3n) is 3.28. The molecular weight excluding hydrogens is 342 g/mol. The van der Waals surface area contributed by atoms with E-state index in [4.69, 9.17) is 11.6 Å². The van der Waals surface area contributed by atoms with Crippen LogP contribution in [0.15, 0.2) is 29.8 Å². The van der Waals surface area contributed by atoms with Crippen LogP contribution in [0.3, 0.4) is 0 Å². The second-order valence-electron chi connectivity index (χ2n) is 4.75. The molecule has 0 bridgehead atoms. The van der Waals surface area contributed by atoms with Crippen molar-refractivity contribution in [2.75, 3.05) is 5.33 Å². The summed E-state index contributed by atoms with van der Waals surface area (Å²) in [5.41, 5.74) is 4.48. The van der Waals surface area contributed by atoms with Gasteiger partial charge in [0.2, 0.25) is 0 Å². The van der Waals surface area contributed by atoms with Gasteiger partial charge in [-0.3, -0.25) is 0 Å². The number of alkyl halides is 1. The van der Waals surface area contributed by atoms with Crippen molar-refractivity contribution in [1.82, 2.24) is 4.98 Å². The van der Waals surface area contributed by atoms with Crippen LogP contribution in [0.2, 0.25) is 5.02 Å². The van der Waals surface area contributed by atoms with Crippen molar-refractivity contribution in [1.29, 1.82) is 0 Å². The molecule has 1 nitrogen and oxygen atoms in total. The Hall–Kier alpha value is -0.380. The molecule has 4 heteroatoms. The Bertz CT molecular complexity index is 509. The van der Waals surface area contributed by atoms with E-state index in [1.165, 1.54) is 22.6 Å². The third-order valence-corrected chi connectivity index (χ3v) is 5.44. The van der Waals surface area contributed by atoms with Crippen LogP contribution in [0.25, 0.3) is 0 Å². The molecule has 0 aliphatic carbocycles. The van der Waals surface area contributed by atoms with E-state index < -0.39 is 0 Å². The molecule has 0 aliphatic heterocycles. The average Bonchev–Trinajstić information content (AvgIpc) is 2.82. The van der Waals surface area contributed by atoms with Crippen LogP contribution in [0.1, 0.15) is 22.6 Å². The van der Waals surface area contributed by atoms with Gasteiger partial charge < -0.3 is 0 Å².